The normalized spacial score (nSPS) is 13.5. The van der Waals surface area contributed by atoms with Crippen molar-refractivity contribution in [3.05, 3.63) is 53.6 Å². The van der Waals surface area contributed by atoms with Gasteiger partial charge in [-0.15, -0.1) is 0 Å². The zero-order valence-electron chi connectivity index (χ0n) is 14.4. The number of fused-ring (bicyclic) bond motifs is 1. The molecule has 0 radical (unpaired) electrons. The predicted molar refractivity (Wildman–Crippen MR) is 95.3 cm³/mol. The molecule has 0 saturated heterocycles. The summed E-state index contributed by atoms with van der Waals surface area (Å²) in [6.07, 6.45) is 0.871. The van der Waals surface area contributed by atoms with E-state index >= 15 is 0 Å². The summed E-state index contributed by atoms with van der Waals surface area (Å²) >= 11 is 0. The van der Waals surface area contributed by atoms with Gasteiger partial charge < -0.3 is 13.7 Å². The van der Waals surface area contributed by atoms with E-state index in [4.69, 9.17) is 13.7 Å². The van der Waals surface area contributed by atoms with Gasteiger partial charge in [0, 0.05) is 24.2 Å². The van der Waals surface area contributed by atoms with E-state index in [1.807, 2.05) is 6.92 Å². The lowest BCUT2D eigenvalue weighted by Crippen LogP contribution is -2.11. The van der Waals surface area contributed by atoms with Crippen LogP contribution in [-0.4, -0.2) is 34.0 Å². The predicted octanol–water partition coefficient (Wildman–Crippen LogP) is 3.00. The molecule has 1 aliphatic rings. The summed E-state index contributed by atoms with van der Waals surface area (Å²) in [4.78, 5) is 11.8. The van der Waals surface area contributed by atoms with E-state index in [9.17, 15) is 13.2 Å². The minimum absolute atomic E-state index is 0.0106. The lowest BCUT2D eigenvalue weighted by molar-refractivity contribution is 0.0994. The number of rotatable bonds is 8. The number of benzene rings is 2. The van der Waals surface area contributed by atoms with Crippen LogP contribution in [0.15, 0.2) is 47.4 Å². The van der Waals surface area contributed by atoms with Gasteiger partial charge in [0.25, 0.3) is 0 Å². The Labute approximate surface area is 152 Å². The van der Waals surface area contributed by atoms with Crippen LogP contribution in [0.2, 0.25) is 0 Å². The maximum absolute atomic E-state index is 12.5. The second-order valence-electron chi connectivity index (χ2n) is 5.76. The third-order valence-electron chi connectivity index (χ3n) is 4.05. The van der Waals surface area contributed by atoms with Gasteiger partial charge in [-0.3, -0.25) is 4.79 Å². The molecule has 0 amide bonds. The van der Waals surface area contributed by atoms with E-state index in [1.54, 1.807) is 30.3 Å². The number of Topliss-reactive ketones (excluding diaryl/α,β-unsaturated/α-hetero) is 1. The first-order valence-corrected chi connectivity index (χ1v) is 9.82. The zero-order valence-corrected chi connectivity index (χ0v) is 15.3. The van der Waals surface area contributed by atoms with Gasteiger partial charge >= 0.3 is 10.1 Å². The first kappa shape index (κ1) is 18.4. The van der Waals surface area contributed by atoms with Crippen LogP contribution in [0.4, 0.5) is 0 Å². The number of hydrogen-bond donors (Lipinski definition) is 0. The van der Waals surface area contributed by atoms with Gasteiger partial charge in [0.05, 0.1) is 6.61 Å². The van der Waals surface area contributed by atoms with Crippen molar-refractivity contribution in [2.75, 3.05) is 19.8 Å². The lowest BCUT2D eigenvalue weighted by Gasteiger charge is -2.11. The van der Waals surface area contributed by atoms with Gasteiger partial charge in [-0.25, -0.2) is 0 Å². The molecule has 7 heteroatoms. The third-order valence-corrected chi connectivity index (χ3v) is 5.30. The molecule has 2 aromatic carbocycles. The Morgan fingerprint density at radius 1 is 1.00 bits per heavy atom. The highest BCUT2D eigenvalue weighted by Gasteiger charge is 2.26. The molecule has 0 spiro atoms. The van der Waals surface area contributed by atoms with E-state index in [0.29, 0.717) is 49.5 Å². The van der Waals surface area contributed by atoms with E-state index in [-0.39, 0.29) is 16.4 Å². The molecule has 0 aliphatic heterocycles. The molecule has 0 aromatic heterocycles. The van der Waals surface area contributed by atoms with Crippen LogP contribution >= 0.6 is 0 Å². The minimum Gasteiger partial charge on any atom is -0.491 e. The summed E-state index contributed by atoms with van der Waals surface area (Å²) in [6, 6.07) is 10.9. The Bertz CT molecular complexity index is 887. The van der Waals surface area contributed by atoms with Gasteiger partial charge in [-0.2, -0.15) is 8.42 Å². The molecule has 138 valence electrons. The molecule has 26 heavy (non-hydrogen) atoms. The smallest absolute Gasteiger partial charge is 0.339 e. The topological polar surface area (TPSA) is 78.9 Å². The molecule has 0 saturated carbocycles. The van der Waals surface area contributed by atoms with Crippen LogP contribution in [0.5, 0.6) is 11.5 Å². The van der Waals surface area contributed by atoms with Crippen LogP contribution < -0.4 is 8.92 Å². The SMILES string of the molecule is CCOCCOc1ccc(S(=O)(=O)Oc2cccc3c2CCC3=O)cc1. The highest BCUT2D eigenvalue weighted by atomic mass is 32.2. The standard InChI is InChI=1S/C19H20O6S/c1-2-23-12-13-24-14-6-8-15(9-7-14)26(21,22)25-19-5-3-4-16-17(19)10-11-18(16)20/h3-9H,2,10-13H2,1H3. The molecule has 0 atom stereocenters. The minimum atomic E-state index is -3.99. The van der Waals surface area contributed by atoms with Gasteiger partial charge in [0.15, 0.2) is 5.78 Å². The molecule has 2 aromatic rings. The average Bonchev–Trinajstić information content (AvgIpc) is 3.01. The fraction of sp³-hybridized carbons (Fsp3) is 0.316. The van der Waals surface area contributed by atoms with Crippen LogP contribution in [0, 0.1) is 0 Å². The van der Waals surface area contributed by atoms with Crippen LogP contribution in [0.25, 0.3) is 0 Å². The first-order valence-electron chi connectivity index (χ1n) is 8.41. The summed E-state index contributed by atoms with van der Waals surface area (Å²) in [7, 11) is -3.99. The maximum atomic E-state index is 12.5. The summed E-state index contributed by atoms with van der Waals surface area (Å²) in [6.45, 7) is 3.38. The van der Waals surface area contributed by atoms with Gasteiger partial charge in [0.2, 0.25) is 0 Å². The summed E-state index contributed by atoms with van der Waals surface area (Å²) in [5.41, 5.74) is 1.19. The Balaban J connectivity index is 1.72. The molecule has 3 rings (SSSR count). The quantitative estimate of drug-likeness (QED) is 0.521. The van der Waals surface area contributed by atoms with Crippen LogP contribution in [0.1, 0.15) is 29.3 Å². The number of ether oxygens (including phenoxy) is 2. The van der Waals surface area contributed by atoms with Crippen molar-refractivity contribution < 1.29 is 26.9 Å². The van der Waals surface area contributed by atoms with Crippen molar-refractivity contribution in [2.45, 2.75) is 24.7 Å². The lowest BCUT2D eigenvalue weighted by atomic mass is 10.1. The van der Waals surface area contributed by atoms with Gasteiger partial charge in [-0.05, 0) is 43.7 Å². The largest absolute Gasteiger partial charge is 0.491 e. The van der Waals surface area contributed by atoms with Gasteiger partial charge in [0.1, 0.15) is 23.0 Å². The molecule has 0 N–H and O–H groups in total. The maximum Gasteiger partial charge on any atom is 0.339 e. The Morgan fingerprint density at radius 3 is 2.50 bits per heavy atom. The van der Waals surface area contributed by atoms with E-state index in [2.05, 4.69) is 0 Å². The first-order chi connectivity index (χ1) is 12.5. The second kappa shape index (κ2) is 7.88. The number of hydrogen-bond acceptors (Lipinski definition) is 6. The molecular weight excluding hydrogens is 356 g/mol. The third kappa shape index (κ3) is 4.05. The fourth-order valence-corrected chi connectivity index (χ4v) is 3.73. The monoisotopic (exact) mass is 376 g/mol. The van der Waals surface area contributed by atoms with Crippen molar-refractivity contribution >= 4 is 15.9 Å². The average molecular weight is 376 g/mol. The molecular formula is C19H20O6S. The molecule has 0 fully saturated rings. The van der Waals surface area contributed by atoms with Crippen LogP contribution in [-0.2, 0) is 21.3 Å². The summed E-state index contributed by atoms with van der Waals surface area (Å²) in [5, 5.41) is 0. The molecule has 0 unspecified atom stereocenters. The molecule has 0 heterocycles. The van der Waals surface area contributed by atoms with E-state index < -0.39 is 10.1 Å². The van der Waals surface area contributed by atoms with Crippen molar-refractivity contribution in [2.24, 2.45) is 0 Å². The van der Waals surface area contributed by atoms with E-state index in [1.165, 1.54) is 12.1 Å². The van der Waals surface area contributed by atoms with Crippen molar-refractivity contribution in [1.82, 2.24) is 0 Å². The Morgan fingerprint density at radius 2 is 1.77 bits per heavy atom. The number of carbonyl (C=O) groups is 1. The fourth-order valence-electron chi connectivity index (χ4n) is 2.77. The molecule has 0 bridgehead atoms. The highest BCUT2D eigenvalue weighted by molar-refractivity contribution is 7.87. The van der Waals surface area contributed by atoms with Crippen LogP contribution in [0.3, 0.4) is 0 Å². The van der Waals surface area contributed by atoms with Crippen molar-refractivity contribution in [3.8, 4) is 11.5 Å². The van der Waals surface area contributed by atoms with Gasteiger partial charge in [-0.1, -0.05) is 12.1 Å². The number of carbonyl (C=O) groups excluding carboxylic acids is 1. The molecule has 6 nitrogen and oxygen atoms in total. The summed E-state index contributed by atoms with van der Waals surface area (Å²) in [5.74, 6) is 0.775. The van der Waals surface area contributed by atoms with E-state index in [0.717, 1.165) is 0 Å². The zero-order chi connectivity index (χ0) is 18.6. The Kier molecular flexibility index (Phi) is 5.58. The highest BCUT2D eigenvalue weighted by Crippen LogP contribution is 2.32. The molecule has 1 aliphatic carbocycles. The Hall–Kier alpha value is -2.38. The number of ketones is 1. The van der Waals surface area contributed by atoms with Crippen molar-refractivity contribution in [1.29, 1.82) is 0 Å². The second-order valence-corrected chi connectivity index (χ2v) is 7.31. The summed E-state index contributed by atoms with van der Waals surface area (Å²) < 4.78 is 41.0. The van der Waals surface area contributed by atoms with Crippen molar-refractivity contribution in [3.63, 3.8) is 0 Å².